The number of ether oxygens (including phenoxy) is 1. The van der Waals surface area contributed by atoms with Gasteiger partial charge in [-0.2, -0.15) is 5.10 Å². The van der Waals surface area contributed by atoms with Gasteiger partial charge >= 0.3 is 0 Å². The second-order valence-corrected chi connectivity index (χ2v) is 4.69. The van der Waals surface area contributed by atoms with Crippen molar-refractivity contribution >= 4 is 0 Å². The number of methoxy groups -OCH3 is 1. The van der Waals surface area contributed by atoms with E-state index in [1.165, 1.54) is 0 Å². The van der Waals surface area contributed by atoms with Crippen LogP contribution in [-0.2, 0) is 0 Å². The Balaban J connectivity index is 2.09. The smallest absolute Gasteiger partial charge is 0.213 e. The van der Waals surface area contributed by atoms with Crippen molar-refractivity contribution in [3.8, 4) is 28.6 Å². The van der Waals surface area contributed by atoms with E-state index in [9.17, 15) is 5.11 Å². The lowest BCUT2D eigenvalue weighted by atomic mass is 10.1. The number of aromatic hydroxyl groups is 1. The van der Waals surface area contributed by atoms with E-state index in [-0.39, 0.29) is 5.75 Å². The number of hydrogen-bond donors (Lipinski definition) is 1. The monoisotopic (exact) mass is 281 g/mol. The van der Waals surface area contributed by atoms with Gasteiger partial charge in [-0.1, -0.05) is 0 Å². The molecule has 3 aromatic rings. The standard InChI is InChI=1S/C16H15N3O2/c1-11-9-18-19(13-5-8-15(21-2)17-10-13)16(11)12-3-6-14(20)7-4-12/h3-10,20H,1-2H3. The van der Waals surface area contributed by atoms with E-state index < -0.39 is 0 Å². The van der Waals surface area contributed by atoms with Gasteiger partial charge in [0.15, 0.2) is 0 Å². The molecular weight excluding hydrogens is 266 g/mol. The Morgan fingerprint density at radius 2 is 1.81 bits per heavy atom. The van der Waals surface area contributed by atoms with Crippen molar-refractivity contribution in [1.29, 1.82) is 0 Å². The summed E-state index contributed by atoms with van der Waals surface area (Å²) < 4.78 is 6.90. The lowest BCUT2D eigenvalue weighted by Crippen LogP contribution is -2.00. The Bertz CT molecular complexity index is 746. The first-order valence-electron chi connectivity index (χ1n) is 6.53. The molecular formula is C16H15N3O2. The molecule has 3 rings (SSSR count). The van der Waals surface area contributed by atoms with E-state index in [2.05, 4.69) is 10.1 Å². The van der Waals surface area contributed by atoms with E-state index in [1.807, 2.05) is 36.0 Å². The molecule has 0 spiro atoms. The number of hydrogen-bond acceptors (Lipinski definition) is 4. The van der Waals surface area contributed by atoms with Crippen LogP contribution < -0.4 is 4.74 Å². The molecule has 0 unspecified atom stereocenters. The maximum absolute atomic E-state index is 9.42. The third-order valence-corrected chi connectivity index (χ3v) is 3.27. The van der Waals surface area contributed by atoms with Crippen molar-refractivity contribution in [2.24, 2.45) is 0 Å². The molecule has 0 saturated carbocycles. The lowest BCUT2D eigenvalue weighted by Gasteiger charge is -2.09. The first-order valence-corrected chi connectivity index (χ1v) is 6.53. The largest absolute Gasteiger partial charge is 0.508 e. The molecule has 5 nitrogen and oxygen atoms in total. The zero-order chi connectivity index (χ0) is 14.8. The third-order valence-electron chi connectivity index (χ3n) is 3.27. The molecule has 21 heavy (non-hydrogen) atoms. The molecule has 106 valence electrons. The quantitative estimate of drug-likeness (QED) is 0.801. The predicted octanol–water partition coefficient (Wildman–Crippen LogP) is 2.96. The van der Waals surface area contributed by atoms with E-state index in [4.69, 9.17) is 4.74 Å². The van der Waals surface area contributed by atoms with Gasteiger partial charge in [-0.05, 0) is 42.8 Å². The molecule has 0 bridgehead atoms. The van der Waals surface area contributed by atoms with Crippen LogP contribution in [0.2, 0.25) is 0 Å². The summed E-state index contributed by atoms with van der Waals surface area (Å²) in [6.45, 7) is 2.00. The van der Waals surface area contributed by atoms with Crippen molar-refractivity contribution in [2.45, 2.75) is 6.92 Å². The van der Waals surface area contributed by atoms with Crippen molar-refractivity contribution in [3.05, 3.63) is 54.4 Å². The van der Waals surface area contributed by atoms with Crippen molar-refractivity contribution in [3.63, 3.8) is 0 Å². The third kappa shape index (κ3) is 2.45. The summed E-state index contributed by atoms with van der Waals surface area (Å²) in [7, 11) is 1.59. The SMILES string of the molecule is COc1ccc(-n2ncc(C)c2-c2ccc(O)cc2)cn1. The zero-order valence-electron chi connectivity index (χ0n) is 11.8. The molecule has 0 atom stereocenters. The minimum atomic E-state index is 0.244. The van der Waals surface area contributed by atoms with Crippen LogP contribution in [0.3, 0.4) is 0 Å². The summed E-state index contributed by atoms with van der Waals surface area (Å²) in [4.78, 5) is 4.21. The highest BCUT2D eigenvalue weighted by Crippen LogP contribution is 2.27. The maximum Gasteiger partial charge on any atom is 0.213 e. The Morgan fingerprint density at radius 3 is 2.43 bits per heavy atom. The molecule has 0 fully saturated rings. The fraction of sp³-hybridized carbons (Fsp3) is 0.125. The molecule has 0 aliphatic rings. The molecule has 2 aromatic heterocycles. The summed E-state index contributed by atoms with van der Waals surface area (Å²) in [6.07, 6.45) is 3.53. The number of nitrogens with zero attached hydrogens (tertiary/aromatic N) is 3. The predicted molar refractivity (Wildman–Crippen MR) is 79.7 cm³/mol. The molecule has 5 heteroatoms. The number of benzene rings is 1. The fourth-order valence-corrected chi connectivity index (χ4v) is 2.21. The van der Waals surface area contributed by atoms with Crippen LogP contribution in [0.1, 0.15) is 5.56 Å². The van der Waals surface area contributed by atoms with Crippen molar-refractivity contribution < 1.29 is 9.84 Å². The normalized spacial score (nSPS) is 10.6. The molecule has 0 amide bonds. The van der Waals surface area contributed by atoms with Crippen molar-refractivity contribution in [2.75, 3.05) is 7.11 Å². The number of aromatic nitrogens is 3. The van der Waals surface area contributed by atoms with Gasteiger partial charge in [-0.25, -0.2) is 9.67 Å². The number of aryl methyl sites for hydroxylation is 1. The van der Waals surface area contributed by atoms with Gasteiger partial charge in [0.05, 0.1) is 30.9 Å². The first kappa shape index (κ1) is 13.2. The summed E-state index contributed by atoms with van der Waals surface area (Å²) in [6, 6.07) is 10.8. The Hall–Kier alpha value is -2.82. The van der Waals surface area contributed by atoms with Gasteiger partial charge in [-0.15, -0.1) is 0 Å². The van der Waals surface area contributed by atoms with E-state index in [0.29, 0.717) is 5.88 Å². The average Bonchev–Trinajstić information content (AvgIpc) is 2.90. The molecule has 0 aliphatic heterocycles. The summed E-state index contributed by atoms with van der Waals surface area (Å²) in [5.74, 6) is 0.808. The second kappa shape index (κ2) is 5.28. The summed E-state index contributed by atoms with van der Waals surface area (Å²) in [5, 5.41) is 13.8. The number of phenols is 1. The van der Waals surface area contributed by atoms with Crippen LogP contribution in [0.15, 0.2) is 48.8 Å². The van der Waals surface area contributed by atoms with Gasteiger partial charge in [-0.3, -0.25) is 0 Å². The highest BCUT2D eigenvalue weighted by Gasteiger charge is 2.12. The summed E-state index contributed by atoms with van der Waals surface area (Å²) >= 11 is 0. The first-order chi connectivity index (χ1) is 10.2. The van der Waals surface area contributed by atoms with Gasteiger partial charge in [0.25, 0.3) is 0 Å². The lowest BCUT2D eigenvalue weighted by molar-refractivity contribution is 0.397. The van der Waals surface area contributed by atoms with Gasteiger partial charge < -0.3 is 9.84 Å². The fourth-order valence-electron chi connectivity index (χ4n) is 2.21. The van der Waals surface area contributed by atoms with E-state index >= 15 is 0 Å². The molecule has 2 heterocycles. The van der Waals surface area contributed by atoms with Crippen LogP contribution in [0.25, 0.3) is 16.9 Å². The average molecular weight is 281 g/mol. The van der Waals surface area contributed by atoms with E-state index in [1.54, 1.807) is 31.5 Å². The molecule has 0 radical (unpaired) electrons. The number of phenolic OH excluding ortho intramolecular Hbond substituents is 1. The van der Waals surface area contributed by atoms with Crippen LogP contribution in [0.4, 0.5) is 0 Å². The molecule has 0 saturated heterocycles. The molecule has 0 aliphatic carbocycles. The highest BCUT2D eigenvalue weighted by molar-refractivity contribution is 5.66. The van der Waals surface area contributed by atoms with Gasteiger partial charge in [0.1, 0.15) is 5.75 Å². The minimum Gasteiger partial charge on any atom is -0.508 e. The topological polar surface area (TPSA) is 60.2 Å². The molecule has 1 aromatic carbocycles. The second-order valence-electron chi connectivity index (χ2n) is 4.69. The summed E-state index contributed by atoms with van der Waals surface area (Å²) in [5.41, 5.74) is 3.86. The van der Waals surface area contributed by atoms with E-state index in [0.717, 1.165) is 22.5 Å². The van der Waals surface area contributed by atoms with Crippen LogP contribution in [0, 0.1) is 6.92 Å². The minimum absolute atomic E-state index is 0.244. The van der Waals surface area contributed by atoms with Gasteiger partial charge in [0.2, 0.25) is 5.88 Å². The Morgan fingerprint density at radius 1 is 1.05 bits per heavy atom. The van der Waals surface area contributed by atoms with Crippen LogP contribution >= 0.6 is 0 Å². The maximum atomic E-state index is 9.42. The Labute approximate surface area is 122 Å². The number of rotatable bonds is 3. The van der Waals surface area contributed by atoms with Crippen molar-refractivity contribution in [1.82, 2.24) is 14.8 Å². The zero-order valence-corrected chi connectivity index (χ0v) is 11.8. The van der Waals surface area contributed by atoms with Gasteiger partial charge in [0, 0.05) is 11.6 Å². The highest BCUT2D eigenvalue weighted by atomic mass is 16.5. The van der Waals surface area contributed by atoms with Crippen LogP contribution in [-0.4, -0.2) is 27.0 Å². The Kier molecular flexibility index (Phi) is 3.31. The van der Waals surface area contributed by atoms with Crippen LogP contribution in [0.5, 0.6) is 11.6 Å². The molecule has 1 N–H and O–H groups in total. The number of pyridine rings is 1.